The van der Waals surface area contributed by atoms with Crippen molar-refractivity contribution >= 4 is 22.4 Å². The number of hydrogen-bond acceptors (Lipinski definition) is 7. The third kappa shape index (κ3) is 4.34. The van der Waals surface area contributed by atoms with E-state index >= 15 is 0 Å². The molecule has 140 valence electrons. The standard InChI is InChI=1S/C17H22FN5O2S/c1-9-6-19-16(11(3)20-9)25-13-5-10(2)23(7-13)8-14-15(18)22-17(26-14)21-12(4)24/h6,10,13H,5,7-8H2,1-4H3,(H,21,22,24)/t10-,13+/m0/s1. The Morgan fingerprint density at radius 1 is 1.46 bits per heavy atom. The molecule has 1 saturated heterocycles. The number of aryl methyl sites for hydroxylation is 2. The van der Waals surface area contributed by atoms with Crippen LogP contribution in [0.5, 0.6) is 5.88 Å². The van der Waals surface area contributed by atoms with Gasteiger partial charge in [0.05, 0.1) is 22.5 Å². The van der Waals surface area contributed by atoms with Crippen molar-refractivity contribution < 1.29 is 13.9 Å². The van der Waals surface area contributed by atoms with Gasteiger partial charge in [0.2, 0.25) is 17.7 Å². The van der Waals surface area contributed by atoms with Crippen LogP contribution in [0.4, 0.5) is 9.52 Å². The van der Waals surface area contributed by atoms with Gasteiger partial charge in [0, 0.05) is 32.5 Å². The SMILES string of the molecule is CC(=O)Nc1nc(F)c(CN2C[C@H](Oc3ncc(C)nc3C)C[C@@H]2C)s1. The zero-order chi connectivity index (χ0) is 18.8. The molecule has 0 spiro atoms. The lowest BCUT2D eigenvalue weighted by molar-refractivity contribution is -0.114. The van der Waals surface area contributed by atoms with E-state index in [4.69, 9.17) is 4.74 Å². The Hall–Kier alpha value is -2.13. The van der Waals surface area contributed by atoms with Crippen LogP contribution < -0.4 is 10.1 Å². The van der Waals surface area contributed by atoms with E-state index in [0.717, 1.165) is 29.1 Å². The largest absolute Gasteiger partial charge is 0.472 e. The second kappa shape index (κ2) is 7.63. The molecule has 3 heterocycles. The molecule has 1 aliphatic rings. The number of carbonyl (C=O) groups is 1. The smallest absolute Gasteiger partial charge is 0.235 e. The second-order valence-electron chi connectivity index (χ2n) is 6.57. The van der Waals surface area contributed by atoms with Gasteiger partial charge >= 0.3 is 0 Å². The van der Waals surface area contributed by atoms with E-state index in [-0.39, 0.29) is 23.2 Å². The molecule has 0 radical (unpaired) electrons. The van der Waals surface area contributed by atoms with Crippen LogP contribution in [0.25, 0.3) is 0 Å². The lowest BCUT2D eigenvalue weighted by Crippen LogP contribution is -2.28. The molecular formula is C17H22FN5O2S. The maximum Gasteiger partial charge on any atom is 0.235 e. The van der Waals surface area contributed by atoms with Crippen molar-refractivity contribution in [2.75, 3.05) is 11.9 Å². The van der Waals surface area contributed by atoms with Gasteiger partial charge in [-0.05, 0) is 20.8 Å². The molecule has 2 aromatic rings. The molecule has 2 aromatic heterocycles. The molecule has 0 aliphatic carbocycles. The highest BCUT2D eigenvalue weighted by Crippen LogP contribution is 2.28. The van der Waals surface area contributed by atoms with Crippen LogP contribution in [0.3, 0.4) is 0 Å². The number of amides is 1. The van der Waals surface area contributed by atoms with Crippen LogP contribution in [0.15, 0.2) is 6.20 Å². The lowest BCUT2D eigenvalue weighted by atomic mass is 10.2. The Balaban J connectivity index is 1.64. The highest BCUT2D eigenvalue weighted by molar-refractivity contribution is 7.15. The van der Waals surface area contributed by atoms with Gasteiger partial charge in [-0.25, -0.2) is 4.98 Å². The van der Waals surface area contributed by atoms with E-state index in [1.54, 1.807) is 6.20 Å². The van der Waals surface area contributed by atoms with Gasteiger partial charge in [0.25, 0.3) is 0 Å². The van der Waals surface area contributed by atoms with Crippen molar-refractivity contribution in [2.24, 2.45) is 0 Å². The van der Waals surface area contributed by atoms with Crippen molar-refractivity contribution in [1.82, 2.24) is 19.9 Å². The summed E-state index contributed by atoms with van der Waals surface area (Å²) in [4.78, 5) is 26.2. The van der Waals surface area contributed by atoms with E-state index in [1.807, 2.05) is 13.8 Å². The van der Waals surface area contributed by atoms with Gasteiger partial charge in [-0.15, -0.1) is 0 Å². The molecule has 0 unspecified atom stereocenters. The fourth-order valence-electron chi connectivity index (χ4n) is 3.03. The summed E-state index contributed by atoms with van der Waals surface area (Å²) in [6, 6.07) is 0.240. The predicted molar refractivity (Wildman–Crippen MR) is 96.8 cm³/mol. The van der Waals surface area contributed by atoms with E-state index in [0.29, 0.717) is 23.8 Å². The molecule has 0 bridgehead atoms. The zero-order valence-corrected chi connectivity index (χ0v) is 16.1. The average Bonchev–Trinajstić information content (AvgIpc) is 3.05. The third-order valence-electron chi connectivity index (χ3n) is 4.25. The van der Waals surface area contributed by atoms with Gasteiger partial charge in [-0.3, -0.25) is 14.7 Å². The van der Waals surface area contributed by atoms with Crippen molar-refractivity contribution in [3.05, 3.63) is 28.4 Å². The molecular weight excluding hydrogens is 357 g/mol. The molecule has 1 amide bonds. The predicted octanol–water partition coefficient (Wildman–Crippen LogP) is 2.69. The number of aromatic nitrogens is 3. The summed E-state index contributed by atoms with van der Waals surface area (Å²) >= 11 is 1.16. The quantitative estimate of drug-likeness (QED) is 0.860. The van der Waals surface area contributed by atoms with Gasteiger partial charge in [-0.2, -0.15) is 9.37 Å². The van der Waals surface area contributed by atoms with Crippen LogP contribution in [0.2, 0.25) is 0 Å². The molecule has 0 saturated carbocycles. The minimum Gasteiger partial charge on any atom is -0.472 e. The van der Waals surface area contributed by atoms with Crippen LogP contribution in [0, 0.1) is 19.8 Å². The summed E-state index contributed by atoms with van der Waals surface area (Å²) in [7, 11) is 0. The Morgan fingerprint density at radius 3 is 2.92 bits per heavy atom. The highest BCUT2D eigenvalue weighted by atomic mass is 32.1. The first-order valence-corrected chi connectivity index (χ1v) is 9.27. The second-order valence-corrected chi connectivity index (χ2v) is 7.65. The van der Waals surface area contributed by atoms with E-state index in [2.05, 4.69) is 32.1 Å². The summed E-state index contributed by atoms with van der Waals surface area (Å²) < 4.78 is 20.1. The molecule has 1 N–H and O–H groups in total. The zero-order valence-electron chi connectivity index (χ0n) is 15.2. The summed E-state index contributed by atoms with van der Waals surface area (Å²) in [5.74, 6) is -0.245. The summed E-state index contributed by atoms with van der Waals surface area (Å²) in [5.41, 5.74) is 1.62. The number of halogens is 1. The first-order valence-electron chi connectivity index (χ1n) is 8.45. The Bertz CT molecular complexity index is 812. The molecule has 1 fully saturated rings. The minimum atomic E-state index is -0.532. The number of hydrogen-bond donors (Lipinski definition) is 1. The first-order chi connectivity index (χ1) is 12.3. The molecule has 0 aromatic carbocycles. The number of nitrogens with one attached hydrogen (secondary N) is 1. The van der Waals surface area contributed by atoms with Crippen molar-refractivity contribution in [2.45, 2.75) is 52.8 Å². The third-order valence-corrected chi connectivity index (χ3v) is 5.18. The number of anilines is 1. The number of likely N-dealkylation sites (tertiary alicyclic amines) is 1. The lowest BCUT2D eigenvalue weighted by Gasteiger charge is -2.19. The van der Waals surface area contributed by atoms with E-state index in [1.165, 1.54) is 6.92 Å². The average molecular weight is 379 g/mol. The molecule has 26 heavy (non-hydrogen) atoms. The number of thiazole rings is 1. The minimum absolute atomic E-state index is 0.0218. The fraction of sp³-hybridized carbons (Fsp3) is 0.529. The monoisotopic (exact) mass is 379 g/mol. The van der Waals surface area contributed by atoms with Gasteiger partial charge in [-0.1, -0.05) is 11.3 Å². The van der Waals surface area contributed by atoms with Crippen molar-refractivity contribution in [3.63, 3.8) is 0 Å². The Kier molecular flexibility index (Phi) is 5.47. The number of carbonyl (C=O) groups excluding carboxylic acids is 1. The number of nitrogens with zero attached hydrogens (tertiary/aromatic N) is 4. The van der Waals surface area contributed by atoms with Gasteiger partial charge < -0.3 is 10.1 Å². The normalized spacial score (nSPS) is 20.3. The molecule has 9 heteroatoms. The maximum atomic E-state index is 14.0. The van der Waals surface area contributed by atoms with Crippen molar-refractivity contribution in [1.29, 1.82) is 0 Å². The van der Waals surface area contributed by atoms with Gasteiger partial charge in [0.15, 0.2) is 5.13 Å². The van der Waals surface area contributed by atoms with Gasteiger partial charge in [0.1, 0.15) is 6.10 Å². The summed E-state index contributed by atoms with van der Waals surface area (Å²) in [6.07, 6.45) is 2.49. The molecule has 1 aliphatic heterocycles. The summed E-state index contributed by atoms with van der Waals surface area (Å²) in [6.45, 7) is 8.33. The molecule has 3 rings (SSSR count). The van der Waals surface area contributed by atoms with Crippen molar-refractivity contribution in [3.8, 4) is 5.88 Å². The number of ether oxygens (including phenoxy) is 1. The van der Waals surface area contributed by atoms with E-state index in [9.17, 15) is 9.18 Å². The topological polar surface area (TPSA) is 80.2 Å². The van der Waals surface area contributed by atoms with Crippen LogP contribution in [0.1, 0.15) is 36.5 Å². The Morgan fingerprint density at radius 2 is 2.23 bits per heavy atom. The number of rotatable bonds is 5. The van der Waals surface area contributed by atoms with Crippen LogP contribution >= 0.6 is 11.3 Å². The summed E-state index contributed by atoms with van der Waals surface area (Å²) in [5, 5.41) is 2.81. The van der Waals surface area contributed by atoms with Crippen LogP contribution in [-0.2, 0) is 11.3 Å². The fourth-order valence-corrected chi connectivity index (χ4v) is 3.94. The molecule has 2 atom stereocenters. The first kappa shape index (κ1) is 18.7. The molecule has 7 nitrogen and oxygen atoms in total. The highest BCUT2D eigenvalue weighted by Gasteiger charge is 2.32. The maximum absolute atomic E-state index is 14.0. The van der Waals surface area contributed by atoms with Crippen LogP contribution in [-0.4, -0.2) is 44.4 Å². The van der Waals surface area contributed by atoms with E-state index < -0.39 is 5.95 Å². The Labute approximate surface area is 155 Å².